The summed E-state index contributed by atoms with van der Waals surface area (Å²) in [6, 6.07) is 6.15. The van der Waals surface area contributed by atoms with E-state index in [0.717, 1.165) is 12.5 Å². The Morgan fingerprint density at radius 3 is 2.59 bits per heavy atom. The molecule has 4 rings (SSSR count). The molecule has 1 aliphatic carbocycles. The first-order valence-electron chi connectivity index (χ1n) is 11.1. The van der Waals surface area contributed by atoms with Gasteiger partial charge in [0.05, 0.1) is 10.6 Å². The first kappa shape index (κ1) is 25.1. The number of aliphatic carboxylic acids is 1. The molecule has 0 saturated carbocycles. The maximum absolute atomic E-state index is 15.4. The van der Waals surface area contributed by atoms with Crippen molar-refractivity contribution in [3.63, 3.8) is 0 Å². The highest BCUT2D eigenvalue weighted by Gasteiger charge is 2.59. The second-order valence-corrected chi connectivity index (χ2v) is 10.1. The zero-order valence-corrected chi connectivity index (χ0v) is 19.8. The maximum atomic E-state index is 15.4. The summed E-state index contributed by atoms with van der Waals surface area (Å²) in [4.78, 5) is 12.4. The van der Waals surface area contributed by atoms with Crippen molar-refractivity contribution in [1.82, 2.24) is 5.32 Å². The molecule has 0 radical (unpaired) electrons. The molecule has 2 aromatic carbocycles. The van der Waals surface area contributed by atoms with Gasteiger partial charge in [-0.15, -0.1) is 0 Å². The van der Waals surface area contributed by atoms with Crippen LogP contribution in [-0.4, -0.2) is 34.9 Å². The minimum absolute atomic E-state index is 0.0157. The molecule has 1 saturated heterocycles. The molecular formula is C25H26Cl2F2N2O3. The van der Waals surface area contributed by atoms with Crippen LogP contribution in [0.5, 0.6) is 0 Å². The Bertz CT molecular complexity index is 1130. The van der Waals surface area contributed by atoms with Crippen molar-refractivity contribution in [2.24, 2.45) is 11.1 Å². The summed E-state index contributed by atoms with van der Waals surface area (Å²) in [5, 5.41) is 23.4. The van der Waals surface area contributed by atoms with Crippen LogP contribution in [0, 0.1) is 17.0 Å². The summed E-state index contributed by atoms with van der Waals surface area (Å²) in [7, 11) is 0. The third-order valence-electron chi connectivity index (χ3n) is 7.32. The van der Waals surface area contributed by atoms with Gasteiger partial charge in [-0.1, -0.05) is 53.6 Å². The lowest BCUT2D eigenvalue weighted by atomic mass is 9.65. The van der Waals surface area contributed by atoms with Crippen molar-refractivity contribution >= 4 is 29.2 Å². The van der Waals surface area contributed by atoms with Crippen molar-refractivity contribution in [2.45, 2.75) is 49.2 Å². The molecule has 1 fully saturated rings. The van der Waals surface area contributed by atoms with E-state index in [1.54, 1.807) is 0 Å². The van der Waals surface area contributed by atoms with E-state index in [-0.39, 0.29) is 34.2 Å². The van der Waals surface area contributed by atoms with Crippen LogP contribution in [0.1, 0.15) is 42.7 Å². The van der Waals surface area contributed by atoms with Crippen LogP contribution < -0.4 is 11.1 Å². The summed E-state index contributed by atoms with van der Waals surface area (Å²) >= 11 is 12.0. The van der Waals surface area contributed by atoms with Gasteiger partial charge in [-0.2, -0.15) is 0 Å². The van der Waals surface area contributed by atoms with Crippen LogP contribution in [0.15, 0.2) is 48.6 Å². The average molecular weight is 511 g/mol. The zero-order valence-electron chi connectivity index (χ0n) is 18.3. The Morgan fingerprint density at radius 2 is 1.97 bits per heavy atom. The molecule has 5 unspecified atom stereocenters. The van der Waals surface area contributed by atoms with Gasteiger partial charge in [0.25, 0.3) is 0 Å². The Labute approximate surface area is 206 Å². The number of allylic oxidation sites excluding steroid dienone is 2. The number of benzene rings is 2. The molecule has 0 spiro atoms. The molecule has 2 aliphatic rings. The summed E-state index contributed by atoms with van der Waals surface area (Å²) < 4.78 is 30.6. The van der Waals surface area contributed by atoms with Crippen molar-refractivity contribution in [3.8, 4) is 0 Å². The summed E-state index contributed by atoms with van der Waals surface area (Å²) in [5.41, 5.74) is 4.74. The smallest absolute Gasteiger partial charge is 0.321 e. The van der Waals surface area contributed by atoms with Crippen molar-refractivity contribution < 1.29 is 23.8 Å². The van der Waals surface area contributed by atoms with Crippen LogP contribution in [0.25, 0.3) is 0 Å². The zero-order chi connectivity index (χ0) is 24.7. The van der Waals surface area contributed by atoms with Crippen LogP contribution in [-0.2, 0) is 10.3 Å². The van der Waals surface area contributed by atoms with Crippen molar-refractivity contribution in [2.75, 3.05) is 6.61 Å². The number of aliphatic hydroxyl groups is 1. The van der Waals surface area contributed by atoms with Gasteiger partial charge in [-0.25, -0.2) is 8.78 Å². The number of hydrogen-bond donors (Lipinski definition) is 4. The fraction of sp³-hybridized carbons (Fsp3) is 0.400. The van der Waals surface area contributed by atoms with Crippen LogP contribution in [0.3, 0.4) is 0 Å². The van der Waals surface area contributed by atoms with E-state index in [4.69, 9.17) is 28.9 Å². The van der Waals surface area contributed by atoms with Crippen molar-refractivity contribution in [3.05, 3.63) is 81.4 Å². The highest BCUT2D eigenvalue weighted by Crippen LogP contribution is 2.51. The summed E-state index contributed by atoms with van der Waals surface area (Å²) in [6.45, 7) is -0.150. The quantitative estimate of drug-likeness (QED) is 0.421. The molecule has 5 atom stereocenters. The predicted molar refractivity (Wildman–Crippen MR) is 127 cm³/mol. The number of carboxylic acid groups (broad SMARTS) is 1. The lowest BCUT2D eigenvalue weighted by Gasteiger charge is -2.42. The summed E-state index contributed by atoms with van der Waals surface area (Å²) in [6.07, 6.45) is 6.22. The number of aliphatic hydroxyl groups excluding tert-OH is 1. The molecule has 182 valence electrons. The van der Waals surface area contributed by atoms with E-state index in [0.29, 0.717) is 12.8 Å². The largest absolute Gasteiger partial charge is 0.480 e. The van der Waals surface area contributed by atoms with Crippen LogP contribution in [0.2, 0.25) is 10.0 Å². The molecule has 9 heteroatoms. The number of nitrogens with two attached hydrogens (primary N) is 1. The highest BCUT2D eigenvalue weighted by atomic mass is 35.5. The van der Waals surface area contributed by atoms with Gasteiger partial charge < -0.3 is 15.9 Å². The second kappa shape index (κ2) is 9.55. The van der Waals surface area contributed by atoms with E-state index < -0.39 is 46.6 Å². The lowest BCUT2D eigenvalue weighted by molar-refractivity contribution is -0.139. The fourth-order valence-corrected chi connectivity index (χ4v) is 5.89. The molecule has 0 bridgehead atoms. The SMILES string of the molecule is NC1(c2ccc(Cl)cc2F)C(CC2(CO)CC=CCC2)NC(C(=O)O)C1c1cccc(Cl)c1F. The fourth-order valence-electron chi connectivity index (χ4n) is 5.55. The van der Waals surface area contributed by atoms with Gasteiger partial charge in [0.2, 0.25) is 0 Å². The van der Waals surface area contributed by atoms with Gasteiger partial charge in [-0.3, -0.25) is 10.1 Å². The van der Waals surface area contributed by atoms with E-state index in [1.807, 2.05) is 12.2 Å². The van der Waals surface area contributed by atoms with Crippen LogP contribution in [0.4, 0.5) is 8.78 Å². The Kier molecular flexibility index (Phi) is 7.04. The predicted octanol–water partition coefficient (Wildman–Crippen LogP) is 4.74. The topological polar surface area (TPSA) is 95.6 Å². The number of carbonyl (C=O) groups is 1. The Hall–Kier alpha value is -2.03. The first-order valence-corrected chi connectivity index (χ1v) is 11.8. The Balaban J connectivity index is 1.93. The molecular weight excluding hydrogens is 485 g/mol. The van der Waals surface area contributed by atoms with E-state index in [2.05, 4.69) is 5.32 Å². The molecule has 1 heterocycles. The lowest BCUT2D eigenvalue weighted by Crippen LogP contribution is -2.53. The minimum atomic E-state index is -1.69. The normalized spacial score (nSPS) is 31.1. The number of hydrogen-bond acceptors (Lipinski definition) is 4. The third-order valence-corrected chi connectivity index (χ3v) is 7.84. The average Bonchev–Trinajstić information content (AvgIpc) is 3.09. The molecule has 0 aromatic heterocycles. The van der Waals surface area contributed by atoms with Gasteiger partial charge in [-0.05, 0) is 54.9 Å². The first-order chi connectivity index (χ1) is 16.1. The van der Waals surface area contributed by atoms with Gasteiger partial charge in [0.15, 0.2) is 0 Å². The molecule has 5 nitrogen and oxygen atoms in total. The molecule has 0 amide bonds. The highest BCUT2D eigenvalue weighted by molar-refractivity contribution is 6.31. The number of halogens is 4. The van der Waals surface area contributed by atoms with E-state index in [9.17, 15) is 15.0 Å². The molecule has 34 heavy (non-hydrogen) atoms. The molecule has 5 N–H and O–H groups in total. The van der Waals surface area contributed by atoms with Crippen molar-refractivity contribution in [1.29, 1.82) is 0 Å². The maximum Gasteiger partial charge on any atom is 0.321 e. The third kappa shape index (κ3) is 4.25. The van der Waals surface area contributed by atoms with Gasteiger partial charge in [0, 0.05) is 29.2 Å². The number of rotatable bonds is 6. The minimum Gasteiger partial charge on any atom is -0.480 e. The van der Waals surface area contributed by atoms with Crippen LogP contribution >= 0.6 is 23.2 Å². The standard InChI is InChI=1S/C25H26Cl2F2N2O3/c26-14-7-8-16(18(28)11-14)25(30)19(12-24(13-32)9-2-1-3-10-24)31-22(23(33)34)20(25)15-5-4-6-17(27)21(15)29/h1-2,4-8,11,19-20,22,31-32H,3,9-10,12-13,30H2,(H,33,34). The van der Waals surface area contributed by atoms with E-state index in [1.165, 1.54) is 30.3 Å². The Morgan fingerprint density at radius 1 is 1.21 bits per heavy atom. The molecule has 2 aromatic rings. The second-order valence-electron chi connectivity index (χ2n) is 9.29. The molecule has 1 aliphatic heterocycles. The van der Waals surface area contributed by atoms with Gasteiger partial charge in [0.1, 0.15) is 17.7 Å². The summed E-state index contributed by atoms with van der Waals surface area (Å²) in [5.74, 6) is -3.97. The van der Waals surface area contributed by atoms with E-state index >= 15 is 8.78 Å². The van der Waals surface area contributed by atoms with Gasteiger partial charge >= 0.3 is 5.97 Å². The number of carboxylic acids is 1. The monoisotopic (exact) mass is 510 g/mol. The number of nitrogens with one attached hydrogen (secondary N) is 1.